The Morgan fingerprint density at radius 2 is 2.12 bits per heavy atom. The number of carbonyl (C=O) groups is 1. The van der Waals surface area contributed by atoms with Crippen molar-refractivity contribution in [3.8, 4) is 0 Å². The highest BCUT2D eigenvalue weighted by Gasteiger charge is 2.23. The zero-order valence-electron chi connectivity index (χ0n) is 13.3. The third kappa shape index (κ3) is 4.96. The first-order valence-corrected chi connectivity index (χ1v) is 9.77. The zero-order valence-corrected chi connectivity index (χ0v) is 15.6. The normalized spacial score (nSPS) is 18.0. The smallest absolute Gasteiger partial charge is 0.220 e. The maximum absolute atomic E-state index is 12.2. The van der Waals surface area contributed by atoms with Gasteiger partial charge in [0.2, 0.25) is 5.91 Å². The molecule has 128 valence electrons. The Kier molecular flexibility index (Phi) is 6.17. The second kappa shape index (κ2) is 8.34. The number of halogens is 2. The molecule has 1 aromatic carbocycles. The number of likely N-dealkylation sites (tertiary alicyclic amines) is 1. The summed E-state index contributed by atoms with van der Waals surface area (Å²) >= 11 is 13.6. The van der Waals surface area contributed by atoms with Crippen LogP contribution in [0, 0.1) is 0 Å². The quantitative estimate of drug-likeness (QED) is 0.803. The molecular weight excluding hydrogens is 363 g/mol. The standard InChI is InChI=1S/C18H20Cl2N2OS/c19-16-3-1-13(9-17(16)20)2-4-18(23)21-15-5-7-22(11-15)10-14-6-8-24-12-14/h1,3,6,8-9,12,15H,2,4-5,7,10-11H2,(H,21,23). The molecule has 0 spiro atoms. The van der Waals surface area contributed by atoms with E-state index in [0.29, 0.717) is 22.9 Å². The van der Waals surface area contributed by atoms with Crippen LogP contribution >= 0.6 is 34.5 Å². The first-order chi connectivity index (χ1) is 11.6. The summed E-state index contributed by atoms with van der Waals surface area (Å²) in [5, 5.41) is 8.52. The second-order valence-corrected chi connectivity index (χ2v) is 7.76. The number of hydrogen-bond acceptors (Lipinski definition) is 3. The van der Waals surface area contributed by atoms with Gasteiger partial charge < -0.3 is 5.32 Å². The molecule has 2 aromatic rings. The number of thiophene rings is 1. The van der Waals surface area contributed by atoms with E-state index in [1.54, 1.807) is 17.4 Å². The molecule has 3 rings (SSSR count). The highest BCUT2D eigenvalue weighted by Crippen LogP contribution is 2.23. The van der Waals surface area contributed by atoms with Crippen molar-refractivity contribution in [1.82, 2.24) is 10.2 Å². The van der Waals surface area contributed by atoms with Crippen molar-refractivity contribution < 1.29 is 4.79 Å². The Balaban J connectivity index is 1.41. The van der Waals surface area contributed by atoms with Crippen LogP contribution in [0.4, 0.5) is 0 Å². The molecule has 0 bridgehead atoms. The van der Waals surface area contributed by atoms with Gasteiger partial charge in [-0.25, -0.2) is 0 Å². The molecule has 2 heterocycles. The van der Waals surface area contributed by atoms with Gasteiger partial charge in [0.25, 0.3) is 0 Å². The van der Waals surface area contributed by atoms with E-state index < -0.39 is 0 Å². The minimum Gasteiger partial charge on any atom is -0.352 e. The van der Waals surface area contributed by atoms with Gasteiger partial charge in [-0.2, -0.15) is 11.3 Å². The number of benzene rings is 1. The van der Waals surface area contributed by atoms with Crippen molar-refractivity contribution in [2.24, 2.45) is 0 Å². The fourth-order valence-corrected chi connectivity index (χ4v) is 3.97. The van der Waals surface area contributed by atoms with Crippen LogP contribution in [0.25, 0.3) is 0 Å². The van der Waals surface area contributed by atoms with Gasteiger partial charge in [0.05, 0.1) is 10.0 Å². The number of hydrogen-bond donors (Lipinski definition) is 1. The van der Waals surface area contributed by atoms with Crippen molar-refractivity contribution in [1.29, 1.82) is 0 Å². The number of nitrogens with one attached hydrogen (secondary N) is 1. The largest absolute Gasteiger partial charge is 0.352 e. The minimum absolute atomic E-state index is 0.100. The van der Waals surface area contributed by atoms with Gasteiger partial charge in [0.15, 0.2) is 0 Å². The summed E-state index contributed by atoms with van der Waals surface area (Å²) in [6, 6.07) is 7.93. The molecule has 1 amide bonds. The SMILES string of the molecule is O=C(CCc1ccc(Cl)c(Cl)c1)NC1CCN(Cc2ccsc2)C1. The number of amides is 1. The predicted molar refractivity (Wildman–Crippen MR) is 101 cm³/mol. The van der Waals surface area contributed by atoms with Crippen LogP contribution in [0.15, 0.2) is 35.0 Å². The Bertz CT molecular complexity index is 690. The summed E-state index contributed by atoms with van der Waals surface area (Å²) in [6.07, 6.45) is 2.16. The summed E-state index contributed by atoms with van der Waals surface area (Å²) in [7, 11) is 0. The molecule has 1 N–H and O–H groups in total. The van der Waals surface area contributed by atoms with E-state index in [9.17, 15) is 4.79 Å². The first kappa shape index (κ1) is 17.7. The van der Waals surface area contributed by atoms with E-state index in [4.69, 9.17) is 23.2 Å². The summed E-state index contributed by atoms with van der Waals surface area (Å²) < 4.78 is 0. The molecule has 1 aliphatic heterocycles. The number of rotatable bonds is 6. The molecule has 1 atom stereocenters. The summed E-state index contributed by atoms with van der Waals surface area (Å²) in [5.74, 6) is 0.100. The fourth-order valence-electron chi connectivity index (χ4n) is 2.99. The average Bonchev–Trinajstić information content (AvgIpc) is 3.21. The topological polar surface area (TPSA) is 32.3 Å². The van der Waals surface area contributed by atoms with Crippen molar-refractivity contribution in [3.63, 3.8) is 0 Å². The lowest BCUT2D eigenvalue weighted by Crippen LogP contribution is -2.37. The first-order valence-electron chi connectivity index (χ1n) is 8.07. The summed E-state index contributed by atoms with van der Waals surface area (Å²) in [5.41, 5.74) is 2.39. The molecule has 1 fully saturated rings. The molecular formula is C18H20Cl2N2OS. The maximum atomic E-state index is 12.2. The maximum Gasteiger partial charge on any atom is 0.220 e. The van der Waals surface area contributed by atoms with Gasteiger partial charge in [-0.3, -0.25) is 9.69 Å². The molecule has 6 heteroatoms. The minimum atomic E-state index is 0.100. The van der Waals surface area contributed by atoms with Crippen LogP contribution < -0.4 is 5.32 Å². The number of aryl methyl sites for hydroxylation is 1. The Morgan fingerprint density at radius 1 is 1.25 bits per heavy atom. The summed E-state index contributed by atoms with van der Waals surface area (Å²) in [6.45, 7) is 2.93. The lowest BCUT2D eigenvalue weighted by molar-refractivity contribution is -0.121. The third-order valence-electron chi connectivity index (χ3n) is 4.25. The second-order valence-electron chi connectivity index (χ2n) is 6.17. The molecule has 0 radical (unpaired) electrons. The van der Waals surface area contributed by atoms with Gasteiger partial charge in [0.1, 0.15) is 0 Å². The van der Waals surface area contributed by atoms with Gasteiger partial charge in [-0.05, 0) is 52.9 Å². The third-order valence-corrected chi connectivity index (χ3v) is 5.72. The monoisotopic (exact) mass is 382 g/mol. The van der Waals surface area contributed by atoms with E-state index in [-0.39, 0.29) is 11.9 Å². The molecule has 1 unspecified atom stereocenters. The van der Waals surface area contributed by atoms with Gasteiger partial charge in [-0.15, -0.1) is 0 Å². The van der Waals surface area contributed by atoms with E-state index in [1.807, 2.05) is 12.1 Å². The van der Waals surface area contributed by atoms with E-state index in [0.717, 1.165) is 31.6 Å². The van der Waals surface area contributed by atoms with Crippen LogP contribution in [0.2, 0.25) is 10.0 Å². The van der Waals surface area contributed by atoms with Crippen LogP contribution in [0.5, 0.6) is 0 Å². The summed E-state index contributed by atoms with van der Waals surface area (Å²) in [4.78, 5) is 14.6. The molecule has 1 aliphatic rings. The van der Waals surface area contributed by atoms with Gasteiger partial charge in [0, 0.05) is 32.1 Å². The average molecular weight is 383 g/mol. The van der Waals surface area contributed by atoms with Crippen molar-refractivity contribution in [2.45, 2.75) is 31.8 Å². The van der Waals surface area contributed by atoms with Crippen molar-refractivity contribution >= 4 is 40.4 Å². The van der Waals surface area contributed by atoms with Crippen LogP contribution in [-0.2, 0) is 17.8 Å². The lowest BCUT2D eigenvalue weighted by atomic mass is 10.1. The highest BCUT2D eigenvalue weighted by molar-refractivity contribution is 7.07. The molecule has 0 aliphatic carbocycles. The lowest BCUT2D eigenvalue weighted by Gasteiger charge is -2.16. The van der Waals surface area contributed by atoms with E-state index in [2.05, 4.69) is 27.0 Å². The molecule has 24 heavy (non-hydrogen) atoms. The fraction of sp³-hybridized carbons (Fsp3) is 0.389. The van der Waals surface area contributed by atoms with Gasteiger partial charge >= 0.3 is 0 Å². The van der Waals surface area contributed by atoms with Crippen LogP contribution in [-0.4, -0.2) is 29.9 Å². The number of nitrogens with zero attached hydrogens (tertiary/aromatic N) is 1. The molecule has 3 nitrogen and oxygen atoms in total. The highest BCUT2D eigenvalue weighted by atomic mass is 35.5. The Morgan fingerprint density at radius 3 is 2.88 bits per heavy atom. The van der Waals surface area contributed by atoms with Crippen molar-refractivity contribution in [3.05, 3.63) is 56.2 Å². The predicted octanol–water partition coefficient (Wildman–Crippen LogP) is 4.38. The number of carbonyl (C=O) groups excluding carboxylic acids is 1. The molecule has 1 saturated heterocycles. The van der Waals surface area contributed by atoms with Crippen LogP contribution in [0.3, 0.4) is 0 Å². The van der Waals surface area contributed by atoms with Gasteiger partial charge in [-0.1, -0.05) is 29.3 Å². The molecule has 0 saturated carbocycles. The Labute approximate surface area is 156 Å². The molecule has 1 aromatic heterocycles. The Hall–Kier alpha value is -1.07. The van der Waals surface area contributed by atoms with Crippen LogP contribution in [0.1, 0.15) is 24.0 Å². The van der Waals surface area contributed by atoms with Crippen molar-refractivity contribution in [2.75, 3.05) is 13.1 Å². The van der Waals surface area contributed by atoms with E-state index in [1.165, 1.54) is 5.56 Å². The van der Waals surface area contributed by atoms with E-state index >= 15 is 0 Å². The zero-order chi connectivity index (χ0) is 16.9.